The molecule has 0 bridgehead atoms. The molecule has 0 fully saturated rings. The Bertz CT molecular complexity index is 727. The molecule has 24 heavy (non-hydrogen) atoms. The molecule has 4 nitrogen and oxygen atoms in total. The number of ether oxygens (including phenoxy) is 2. The van der Waals surface area contributed by atoms with Gasteiger partial charge in [-0.2, -0.15) is 0 Å². The summed E-state index contributed by atoms with van der Waals surface area (Å²) in [7, 11) is 1.51. The fourth-order valence-corrected chi connectivity index (χ4v) is 2.77. The molecule has 0 heterocycles. The first-order valence-electron chi connectivity index (χ1n) is 7.23. The molecule has 2 rings (SSSR count). The summed E-state index contributed by atoms with van der Waals surface area (Å²) in [6.45, 7) is 2.46. The van der Waals surface area contributed by atoms with Gasteiger partial charge >= 0.3 is 0 Å². The zero-order chi connectivity index (χ0) is 17.7. The lowest BCUT2D eigenvalue weighted by Gasteiger charge is -2.13. The standard InChI is InChI=1S/C17H16Cl3NO3/c1-3-6-24-16-12(19)7-10(8-13(16)20)17(22)21-14-9-11(18)4-5-15(14)23-2/h4-5,7-9H,3,6H2,1-2H3,(H,21,22). The minimum atomic E-state index is -0.388. The Morgan fingerprint density at radius 1 is 1.12 bits per heavy atom. The van der Waals surface area contributed by atoms with Crippen LogP contribution in [0.5, 0.6) is 11.5 Å². The van der Waals surface area contributed by atoms with Gasteiger partial charge in [0.2, 0.25) is 0 Å². The van der Waals surface area contributed by atoms with Crippen molar-refractivity contribution in [2.24, 2.45) is 0 Å². The molecular weight excluding hydrogens is 373 g/mol. The monoisotopic (exact) mass is 387 g/mol. The van der Waals surface area contributed by atoms with Crippen LogP contribution in [0, 0.1) is 0 Å². The Labute approximate surface area is 155 Å². The topological polar surface area (TPSA) is 47.6 Å². The van der Waals surface area contributed by atoms with E-state index in [9.17, 15) is 4.79 Å². The molecule has 2 aromatic rings. The van der Waals surface area contributed by atoms with Gasteiger partial charge in [-0.25, -0.2) is 0 Å². The van der Waals surface area contributed by atoms with Crippen LogP contribution in [-0.2, 0) is 0 Å². The van der Waals surface area contributed by atoms with Gasteiger partial charge in [0.05, 0.1) is 29.4 Å². The molecule has 0 radical (unpaired) electrons. The van der Waals surface area contributed by atoms with E-state index in [2.05, 4.69) is 5.32 Å². The van der Waals surface area contributed by atoms with Gasteiger partial charge in [0.1, 0.15) is 5.75 Å². The van der Waals surface area contributed by atoms with Crippen molar-refractivity contribution in [3.05, 3.63) is 51.0 Å². The Morgan fingerprint density at radius 2 is 1.79 bits per heavy atom. The highest BCUT2D eigenvalue weighted by atomic mass is 35.5. The van der Waals surface area contributed by atoms with Crippen molar-refractivity contribution in [2.75, 3.05) is 19.0 Å². The minimum absolute atomic E-state index is 0.277. The Balaban J connectivity index is 2.26. The van der Waals surface area contributed by atoms with E-state index in [1.165, 1.54) is 19.2 Å². The van der Waals surface area contributed by atoms with Gasteiger partial charge in [0.15, 0.2) is 5.75 Å². The minimum Gasteiger partial charge on any atom is -0.495 e. The van der Waals surface area contributed by atoms with Gasteiger partial charge in [-0.15, -0.1) is 0 Å². The van der Waals surface area contributed by atoms with Crippen LogP contribution in [0.3, 0.4) is 0 Å². The van der Waals surface area contributed by atoms with Gasteiger partial charge in [-0.3, -0.25) is 4.79 Å². The van der Waals surface area contributed by atoms with E-state index in [0.29, 0.717) is 34.4 Å². The lowest BCUT2D eigenvalue weighted by Crippen LogP contribution is -2.13. The first-order chi connectivity index (χ1) is 11.5. The summed E-state index contributed by atoms with van der Waals surface area (Å²) in [5.41, 5.74) is 0.754. The van der Waals surface area contributed by atoms with Crippen LogP contribution in [-0.4, -0.2) is 19.6 Å². The summed E-state index contributed by atoms with van der Waals surface area (Å²) < 4.78 is 10.7. The summed E-state index contributed by atoms with van der Waals surface area (Å²) in [4.78, 5) is 12.5. The largest absolute Gasteiger partial charge is 0.495 e. The van der Waals surface area contributed by atoms with E-state index < -0.39 is 0 Å². The number of halogens is 3. The van der Waals surface area contributed by atoms with Gasteiger partial charge < -0.3 is 14.8 Å². The molecule has 7 heteroatoms. The maximum Gasteiger partial charge on any atom is 0.255 e. The molecule has 0 aromatic heterocycles. The second-order valence-electron chi connectivity index (χ2n) is 4.92. The van der Waals surface area contributed by atoms with E-state index in [-0.39, 0.29) is 16.0 Å². The van der Waals surface area contributed by atoms with E-state index >= 15 is 0 Å². The van der Waals surface area contributed by atoms with Gasteiger partial charge in [-0.1, -0.05) is 41.7 Å². The summed E-state index contributed by atoms with van der Waals surface area (Å²) in [6, 6.07) is 7.94. The lowest BCUT2D eigenvalue weighted by molar-refractivity contribution is 0.102. The summed E-state index contributed by atoms with van der Waals surface area (Å²) in [6.07, 6.45) is 0.823. The van der Waals surface area contributed by atoms with Crippen LogP contribution in [0.25, 0.3) is 0 Å². The lowest BCUT2D eigenvalue weighted by atomic mass is 10.2. The molecule has 0 spiro atoms. The maximum atomic E-state index is 12.5. The first kappa shape index (κ1) is 18.7. The molecule has 0 saturated heterocycles. The van der Waals surface area contributed by atoms with Gasteiger partial charge in [-0.05, 0) is 36.8 Å². The first-order valence-corrected chi connectivity index (χ1v) is 8.36. The molecule has 1 N–H and O–H groups in total. The molecular formula is C17H16Cl3NO3. The van der Waals surface area contributed by atoms with E-state index in [0.717, 1.165) is 6.42 Å². The highest BCUT2D eigenvalue weighted by Gasteiger charge is 2.16. The van der Waals surface area contributed by atoms with Crippen LogP contribution >= 0.6 is 34.8 Å². The Kier molecular flexibility index (Phi) is 6.60. The fourth-order valence-electron chi connectivity index (χ4n) is 2.01. The predicted octanol–water partition coefficient (Wildman–Crippen LogP) is 5.70. The molecule has 0 saturated carbocycles. The van der Waals surface area contributed by atoms with E-state index in [1.54, 1.807) is 18.2 Å². The molecule has 0 aliphatic heterocycles. The normalized spacial score (nSPS) is 10.4. The van der Waals surface area contributed by atoms with Crippen molar-refractivity contribution in [2.45, 2.75) is 13.3 Å². The quantitative estimate of drug-likeness (QED) is 0.691. The third-order valence-electron chi connectivity index (χ3n) is 3.12. The zero-order valence-corrected chi connectivity index (χ0v) is 15.4. The number of carbonyl (C=O) groups excluding carboxylic acids is 1. The molecule has 0 unspecified atom stereocenters. The second-order valence-corrected chi connectivity index (χ2v) is 6.17. The second kappa shape index (κ2) is 8.47. The van der Waals surface area contributed by atoms with Gasteiger partial charge in [0.25, 0.3) is 5.91 Å². The van der Waals surface area contributed by atoms with Crippen molar-refractivity contribution >= 4 is 46.4 Å². The van der Waals surface area contributed by atoms with Gasteiger partial charge in [0, 0.05) is 10.6 Å². The molecule has 0 atom stereocenters. The Morgan fingerprint density at radius 3 is 2.38 bits per heavy atom. The number of amides is 1. The number of carbonyl (C=O) groups is 1. The number of hydrogen-bond donors (Lipinski definition) is 1. The van der Waals surface area contributed by atoms with Crippen LogP contribution in [0.15, 0.2) is 30.3 Å². The zero-order valence-electron chi connectivity index (χ0n) is 13.2. The smallest absolute Gasteiger partial charge is 0.255 e. The van der Waals surface area contributed by atoms with E-state index in [1.807, 2.05) is 6.92 Å². The van der Waals surface area contributed by atoms with E-state index in [4.69, 9.17) is 44.3 Å². The highest BCUT2D eigenvalue weighted by Crippen LogP contribution is 2.35. The maximum absolute atomic E-state index is 12.5. The number of nitrogens with one attached hydrogen (secondary N) is 1. The number of methoxy groups -OCH3 is 1. The summed E-state index contributed by atoms with van der Waals surface area (Å²) >= 11 is 18.3. The third kappa shape index (κ3) is 4.47. The van der Waals surface area contributed by atoms with Crippen LogP contribution in [0.4, 0.5) is 5.69 Å². The number of hydrogen-bond acceptors (Lipinski definition) is 3. The van der Waals surface area contributed by atoms with Crippen LogP contribution < -0.4 is 14.8 Å². The molecule has 0 aliphatic rings. The summed E-state index contributed by atoms with van der Waals surface area (Å²) in [5, 5.41) is 3.76. The Hall–Kier alpha value is -1.62. The van der Waals surface area contributed by atoms with Crippen molar-refractivity contribution in [1.82, 2.24) is 0 Å². The van der Waals surface area contributed by atoms with Crippen LogP contribution in [0.1, 0.15) is 23.7 Å². The molecule has 1 amide bonds. The van der Waals surface area contributed by atoms with Crippen LogP contribution in [0.2, 0.25) is 15.1 Å². The molecule has 128 valence electrons. The number of anilines is 1. The van der Waals surface area contributed by atoms with Crippen molar-refractivity contribution in [3.63, 3.8) is 0 Å². The highest BCUT2D eigenvalue weighted by molar-refractivity contribution is 6.38. The van der Waals surface area contributed by atoms with Crippen molar-refractivity contribution in [3.8, 4) is 11.5 Å². The molecule has 2 aromatic carbocycles. The molecule has 0 aliphatic carbocycles. The number of benzene rings is 2. The number of rotatable bonds is 6. The average molecular weight is 389 g/mol. The summed E-state index contributed by atoms with van der Waals surface area (Å²) in [5.74, 6) is 0.478. The average Bonchev–Trinajstić information content (AvgIpc) is 2.54. The third-order valence-corrected chi connectivity index (χ3v) is 3.92. The van der Waals surface area contributed by atoms with Crippen molar-refractivity contribution < 1.29 is 14.3 Å². The van der Waals surface area contributed by atoms with Crippen molar-refractivity contribution in [1.29, 1.82) is 0 Å². The predicted molar refractivity (Wildman–Crippen MR) is 98.2 cm³/mol. The fraction of sp³-hybridized carbons (Fsp3) is 0.235. The SMILES string of the molecule is CCCOc1c(Cl)cc(C(=O)Nc2cc(Cl)ccc2OC)cc1Cl.